The molecule has 1 fully saturated rings. The summed E-state index contributed by atoms with van der Waals surface area (Å²) in [6.45, 7) is 2.46. The molecule has 2 rings (SSSR count). The van der Waals surface area contributed by atoms with Crippen LogP contribution in [-0.2, 0) is 17.8 Å². The number of aliphatic hydroxyl groups excluding tert-OH is 1. The Hall–Kier alpha value is -2.08. The summed E-state index contributed by atoms with van der Waals surface area (Å²) in [7, 11) is 0. The van der Waals surface area contributed by atoms with E-state index in [4.69, 9.17) is 5.11 Å². The maximum absolute atomic E-state index is 12.0. The van der Waals surface area contributed by atoms with Gasteiger partial charge in [-0.25, -0.2) is 9.59 Å². The van der Waals surface area contributed by atoms with Crippen molar-refractivity contribution in [2.45, 2.75) is 38.5 Å². The molecule has 114 valence electrons. The molecule has 1 saturated heterocycles. The van der Waals surface area contributed by atoms with Gasteiger partial charge in [0, 0.05) is 19.5 Å². The van der Waals surface area contributed by atoms with Gasteiger partial charge in [-0.2, -0.15) is 0 Å². The minimum absolute atomic E-state index is 0.0531. The van der Waals surface area contributed by atoms with Crippen LogP contribution in [0.2, 0.25) is 0 Å². The predicted molar refractivity (Wildman–Crippen MR) is 76.8 cm³/mol. The molecule has 6 heteroatoms. The van der Waals surface area contributed by atoms with Gasteiger partial charge in [0.1, 0.15) is 6.04 Å². The number of likely N-dealkylation sites (tertiary alicyclic amines) is 1. The maximum Gasteiger partial charge on any atom is 0.326 e. The third kappa shape index (κ3) is 3.72. The zero-order valence-electron chi connectivity index (χ0n) is 12.0. The molecule has 0 saturated carbocycles. The van der Waals surface area contributed by atoms with Crippen LogP contribution < -0.4 is 5.32 Å². The number of rotatable bonds is 4. The first kappa shape index (κ1) is 15.3. The van der Waals surface area contributed by atoms with Crippen molar-refractivity contribution in [3.8, 4) is 0 Å². The third-order valence-corrected chi connectivity index (χ3v) is 3.70. The number of amides is 2. The topological polar surface area (TPSA) is 89.9 Å². The number of aliphatic carboxylic acids is 1. The first-order valence-electron chi connectivity index (χ1n) is 7.04. The summed E-state index contributed by atoms with van der Waals surface area (Å²) in [5.41, 5.74) is 2.17. The average molecular weight is 292 g/mol. The van der Waals surface area contributed by atoms with E-state index in [1.54, 1.807) is 0 Å². The lowest BCUT2D eigenvalue weighted by Gasteiger charge is -2.21. The number of carbonyl (C=O) groups excluding carboxylic acids is 1. The van der Waals surface area contributed by atoms with E-state index in [2.05, 4.69) is 12.2 Å². The number of carboxylic acid groups (broad SMARTS) is 1. The SMILES string of the molecule is CCc1ccc(CNC(=O)N2C[C@@H](O)C[C@H]2C(=O)O)cc1. The molecule has 21 heavy (non-hydrogen) atoms. The predicted octanol–water partition coefficient (Wildman–Crippen LogP) is 0.978. The van der Waals surface area contributed by atoms with Gasteiger partial charge in [0.2, 0.25) is 0 Å². The fraction of sp³-hybridized carbons (Fsp3) is 0.467. The largest absolute Gasteiger partial charge is 0.480 e. The Morgan fingerprint density at radius 1 is 1.29 bits per heavy atom. The van der Waals surface area contributed by atoms with Crippen molar-refractivity contribution in [2.75, 3.05) is 6.54 Å². The van der Waals surface area contributed by atoms with Crippen molar-refractivity contribution in [2.24, 2.45) is 0 Å². The Bertz CT molecular complexity index is 515. The molecule has 2 amide bonds. The molecule has 0 unspecified atom stereocenters. The monoisotopic (exact) mass is 292 g/mol. The van der Waals surface area contributed by atoms with Crippen LogP contribution in [0.5, 0.6) is 0 Å². The van der Waals surface area contributed by atoms with Crippen LogP contribution in [0.3, 0.4) is 0 Å². The van der Waals surface area contributed by atoms with Crippen molar-refractivity contribution in [3.63, 3.8) is 0 Å². The number of urea groups is 1. The Kier molecular flexibility index (Phi) is 4.80. The number of aryl methyl sites for hydroxylation is 1. The minimum Gasteiger partial charge on any atom is -0.480 e. The summed E-state index contributed by atoms with van der Waals surface area (Å²) < 4.78 is 0. The Labute approximate surface area is 123 Å². The number of nitrogens with zero attached hydrogens (tertiary/aromatic N) is 1. The van der Waals surface area contributed by atoms with Crippen molar-refractivity contribution >= 4 is 12.0 Å². The summed E-state index contributed by atoms with van der Waals surface area (Å²) in [6.07, 6.45) is 0.257. The molecule has 1 heterocycles. The third-order valence-electron chi connectivity index (χ3n) is 3.70. The van der Waals surface area contributed by atoms with Crippen LogP contribution in [0.4, 0.5) is 4.79 Å². The van der Waals surface area contributed by atoms with Gasteiger partial charge in [0.25, 0.3) is 0 Å². The van der Waals surface area contributed by atoms with Crippen LogP contribution in [0.1, 0.15) is 24.5 Å². The van der Waals surface area contributed by atoms with Crippen LogP contribution in [0.25, 0.3) is 0 Å². The number of nitrogens with one attached hydrogen (secondary N) is 1. The quantitative estimate of drug-likeness (QED) is 0.771. The summed E-state index contributed by atoms with van der Waals surface area (Å²) in [5.74, 6) is -1.09. The van der Waals surface area contributed by atoms with Crippen LogP contribution in [0.15, 0.2) is 24.3 Å². The Balaban J connectivity index is 1.92. The molecule has 2 atom stereocenters. The summed E-state index contributed by atoms with van der Waals surface area (Å²) in [6, 6.07) is 6.46. The van der Waals surface area contributed by atoms with Crippen LogP contribution in [0, 0.1) is 0 Å². The highest BCUT2D eigenvalue weighted by atomic mass is 16.4. The molecule has 1 aliphatic heterocycles. The highest BCUT2D eigenvalue weighted by Gasteiger charge is 2.38. The molecule has 0 aliphatic carbocycles. The second kappa shape index (κ2) is 6.58. The van der Waals surface area contributed by atoms with Gasteiger partial charge < -0.3 is 20.4 Å². The highest BCUT2D eigenvalue weighted by molar-refractivity contribution is 5.83. The van der Waals surface area contributed by atoms with E-state index in [0.717, 1.165) is 12.0 Å². The molecular formula is C15H20N2O4. The van der Waals surface area contributed by atoms with Gasteiger partial charge in [-0.15, -0.1) is 0 Å². The molecule has 1 aliphatic rings. The smallest absolute Gasteiger partial charge is 0.326 e. The van der Waals surface area contributed by atoms with Gasteiger partial charge in [-0.05, 0) is 17.5 Å². The Morgan fingerprint density at radius 2 is 1.90 bits per heavy atom. The number of aliphatic hydroxyl groups is 1. The lowest BCUT2D eigenvalue weighted by molar-refractivity contribution is -0.141. The number of benzene rings is 1. The fourth-order valence-corrected chi connectivity index (χ4v) is 2.44. The first-order chi connectivity index (χ1) is 10.0. The first-order valence-corrected chi connectivity index (χ1v) is 7.04. The van der Waals surface area contributed by atoms with Crippen molar-refractivity contribution in [3.05, 3.63) is 35.4 Å². The van der Waals surface area contributed by atoms with Gasteiger partial charge in [0.05, 0.1) is 6.10 Å². The summed E-state index contributed by atoms with van der Waals surface area (Å²) >= 11 is 0. The molecule has 0 bridgehead atoms. The van der Waals surface area contributed by atoms with Gasteiger partial charge in [0.15, 0.2) is 0 Å². The number of β-amino-alcohol motifs (C(OH)–C–C–N with tert-alkyl or cyclic N) is 1. The van der Waals surface area contributed by atoms with E-state index in [9.17, 15) is 14.7 Å². The number of carboxylic acids is 1. The van der Waals surface area contributed by atoms with E-state index >= 15 is 0 Å². The highest BCUT2D eigenvalue weighted by Crippen LogP contribution is 2.18. The molecule has 0 aromatic heterocycles. The summed E-state index contributed by atoms with van der Waals surface area (Å²) in [5, 5.41) is 21.3. The van der Waals surface area contributed by atoms with Crippen LogP contribution in [-0.4, -0.2) is 45.8 Å². The molecule has 0 radical (unpaired) electrons. The number of hydrogen-bond acceptors (Lipinski definition) is 3. The normalized spacial score (nSPS) is 21.3. The average Bonchev–Trinajstić information content (AvgIpc) is 2.87. The second-order valence-electron chi connectivity index (χ2n) is 5.22. The zero-order valence-corrected chi connectivity index (χ0v) is 12.0. The minimum atomic E-state index is -1.09. The van der Waals surface area contributed by atoms with Crippen LogP contribution >= 0.6 is 0 Å². The zero-order chi connectivity index (χ0) is 15.4. The van der Waals surface area contributed by atoms with E-state index in [0.29, 0.717) is 6.54 Å². The molecular weight excluding hydrogens is 272 g/mol. The van der Waals surface area contributed by atoms with E-state index in [1.807, 2.05) is 24.3 Å². The standard InChI is InChI=1S/C15H20N2O4/c1-2-10-3-5-11(6-4-10)8-16-15(21)17-9-12(18)7-13(17)14(19)20/h3-6,12-13,18H,2,7-9H2,1H3,(H,16,21)(H,19,20)/t12-,13-/m0/s1. The van der Waals surface area contributed by atoms with Gasteiger partial charge in [-0.3, -0.25) is 0 Å². The fourth-order valence-electron chi connectivity index (χ4n) is 2.44. The van der Waals surface area contributed by atoms with Crippen molar-refractivity contribution in [1.82, 2.24) is 10.2 Å². The molecule has 0 spiro atoms. The second-order valence-corrected chi connectivity index (χ2v) is 5.22. The van der Waals surface area contributed by atoms with E-state index in [1.165, 1.54) is 10.5 Å². The molecule has 1 aromatic carbocycles. The molecule has 1 aromatic rings. The Morgan fingerprint density at radius 3 is 2.48 bits per heavy atom. The lowest BCUT2D eigenvalue weighted by Crippen LogP contribution is -2.45. The molecule has 3 N–H and O–H groups in total. The van der Waals surface area contributed by atoms with E-state index in [-0.39, 0.29) is 13.0 Å². The number of carbonyl (C=O) groups is 2. The number of hydrogen-bond donors (Lipinski definition) is 3. The van der Waals surface area contributed by atoms with Crippen molar-refractivity contribution < 1.29 is 19.8 Å². The summed E-state index contributed by atoms with van der Waals surface area (Å²) in [4.78, 5) is 24.3. The van der Waals surface area contributed by atoms with Gasteiger partial charge >= 0.3 is 12.0 Å². The van der Waals surface area contributed by atoms with Gasteiger partial charge in [-0.1, -0.05) is 31.2 Å². The molecule has 6 nitrogen and oxygen atoms in total. The van der Waals surface area contributed by atoms with Crippen molar-refractivity contribution in [1.29, 1.82) is 0 Å². The van der Waals surface area contributed by atoms with E-state index < -0.39 is 24.1 Å². The maximum atomic E-state index is 12.0. The lowest BCUT2D eigenvalue weighted by atomic mass is 10.1.